The number of esters is 1. The summed E-state index contributed by atoms with van der Waals surface area (Å²) < 4.78 is 82.7. The fourth-order valence-corrected chi connectivity index (χ4v) is 4.20. The van der Waals surface area contributed by atoms with E-state index in [9.17, 15) is 18.0 Å². The van der Waals surface area contributed by atoms with E-state index in [-0.39, 0.29) is 24.5 Å². The standard InChI is InChI=1S/C35H52F3NO9/c1-2-3-4-5-8-14-41-15-16-42-17-18-43-19-20-44-21-22-45-23-24-46-25-26-47-27-28-48-34(40)32-12-6-7-13-33(32)39-31-11-9-10-30(29-31)35(36,37)38/h6-7,9-13,29,39H,2-5,8,14-28H2,1H3. The van der Waals surface area contributed by atoms with Gasteiger partial charge in [-0.15, -0.1) is 0 Å². The van der Waals surface area contributed by atoms with Gasteiger partial charge in [0.05, 0.1) is 103 Å². The maximum atomic E-state index is 13.0. The lowest BCUT2D eigenvalue weighted by molar-refractivity contribution is -0.137. The summed E-state index contributed by atoms with van der Waals surface area (Å²) in [4.78, 5) is 12.6. The normalized spacial score (nSPS) is 11.6. The Morgan fingerprint density at radius 2 is 1.06 bits per heavy atom. The number of hydrogen-bond donors (Lipinski definition) is 1. The van der Waals surface area contributed by atoms with Crippen LogP contribution in [0.1, 0.15) is 54.9 Å². The molecule has 2 rings (SSSR count). The van der Waals surface area contributed by atoms with Gasteiger partial charge in [-0.3, -0.25) is 0 Å². The van der Waals surface area contributed by atoms with Gasteiger partial charge < -0.3 is 43.2 Å². The third-order valence-corrected chi connectivity index (χ3v) is 6.70. The Morgan fingerprint density at radius 3 is 1.58 bits per heavy atom. The van der Waals surface area contributed by atoms with Crippen LogP contribution in [-0.4, -0.2) is 105 Å². The van der Waals surface area contributed by atoms with Gasteiger partial charge in [-0.2, -0.15) is 13.2 Å². The van der Waals surface area contributed by atoms with Crippen LogP contribution in [-0.2, 0) is 44.1 Å². The zero-order valence-corrected chi connectivity index (χ0v) is 28.1. The molecule has 1 N–H and O–H groups in total. The number of benzene rings is 2. The van der Waals surface area contributed by atoms with Crippen LogP contribution in [0.2, 0.25) is 0 Å². The van der Waals surface area contributed by atoms with Crippen LogP contribution in [0.15, 0.2) is 48.5 Å². The molecule has 0 heterocycles. The largest absolute Gasteiger partial charge is 0.460 e. The molecule has 0 aromatic heterocycles. The maximum absolute atomic E-state index is 13.0. The zero-order chi connectivity index (χ0) is 34.5. The number of unbranched alkanes of at least 4 members (excludes halogenated alkanes) is 4. The molecule has 0 atom stereocenters. The summed E-state index contributed by atoms with van der Waals surface area (Å²) in [6, 6.07) is 11.2. The first kappa shape index (κ1) is 41.4. The number of carbonyl (C=O) groups excluding carboxylic acids is 1. The molecule has 48 heavy (non-hydrogen) atoms. The number of nitrogens with one attached hydrogen (secondary N) is 1. The van der Waals surface area contributed by atoms with Crippen LogP contribution < -0.4 is 5.32 Å². The molecule has 10 nitrogen and oxygen atoms in total. The maximum Gasteiger partial charge on any atom is 0.416 e. The lowest BCUT2D eigenvalue weighted by atomic mass is 10.1. The van der Waals surface area contributed by atoms with Crippen molar-refractivity contribution in [2.24, 2.45) is 0 Å². The van der Waals surface area contributed by atoms with E-state index >= 15 is 0 Å². The van der Waals surface area contributed by atoms with Crippen molar-refractivity contribution in [3.8, 4) is 0 Å². The zero-order valence-electron chi connectivity index (χ0n) is 28.1. The Hall–Kier alpha value is -2.78. The van der Waals surface area contributed by atoms with Gasteiger partial charge in [0.25, 0.3) is 0 Å². The summed E-state index contributed by atoms with van der Waals surface area (Å²) in [5.74, 6) is -0.622. The van der Waals surface area contributed by atoms with Crippen LogP contribution in [0.5, 0.6) is 0 Å². The molecule has 0 aliphatic carbocycles. The molecule has 13 heteroatoms. The minimum absolute atomic E-state index is 0.00738. The number of alkyl halides is 3. The van der Waals surface area contributed by atoms with Crippen molar-refractivity contribution in [1.29, 1.82) is 0 Å². The molecule has 0 saturated heterocycles. The molecule has 0 aliphatic heterocycles. The quantitative estimate of drug-likeness (QED) is 0.0706. The molecule has 0 saturated carbocycles. The number of rotatable bonds is 30. The fraction of sp³-hybridized carbons (Fsp3) is 0.629. The second-order valence-electron chi connectivity index (χ2n) is 10.6. The number of halogens is 3. The van der Waals surface area contributed by atoms with Gasteiger partial charge in [-0.1, -0.05) is 50.8 Å². The average molecular weight is 688 g/mol. The van der Waals surface area contributed by atoms with Gasteiger partial charge >= 0.3 is 12.1 Å². The Morgan fingerprint density at radius 1 is 0.583 bits per heavy atom. The lowest BCUT2D eigenvalue weighted by Crippen LogP contribution is -2.15. The van der Waals surface area contributed by atoms with E-state index in [1.807, 2.05) is 0 Å². The van der Waals surface area contributed by atoms with E-state index in [0.29, 0.717) is 85.0 Å². The Kier molecular flexibility index (Phi) is 23.4. The monoisotopic (exact) mass is 687 g/mol. The summed E-state index contributed by atoms with van der Waals surface area (Å²) in [5, 5.41) is 2.86. The molecular formula is C35H52F3NO9. The number of ether oxygens (including phenoxy) is 8. The highest BCUT2D eigenvalue weighted by atomic mass is 19.4. The summed E-state index contributed by atoms with van der Waals surface area (Å²) in [5.41, 5.74) is -0.0678. The van der Waals surface area contributed by atoms with E-state index in [4.69, 9.17) is 37.9 Å². The van der Waals surface area contributed by atoms with Gasteiger partial charge in [0.15, 0.2) is 0 Å². The molecule has 0 spiro atoms. The molecule has 2 aromatic rings. The minimum atomic E-state index is -4.47. The molecule has 0 aliphatic rings. The van der Waals surface area contributed by atoms with Crippen LogP contribution in [0.3, 0.4) is 0 Å². The fourth-order valence-electron chi connectivity index (χ4n) is 4.20. The topological polar surface area (TPSA) is 103 Å². The number of carbonyl (C=O) groups is 1. The van der Waals surface area contributed by atoms with Crippen LogP contribution in [0.25, 0.3) is 0 Å². The van der Waals surface area contributed by atoms with Gasteiger partial charge in [-0.25, -0.2) is 4.79 Å². The van der Waals surface area contributed by atoms with Crippen molar-refractivity contribution in [2.75, 3.05) is 104 Å². The summed E-state index contributed by atoms with van der Waals surface area (Å²) in [6.07, 6.45) is 1.71. The third kappa shape index (κ3) is 20.6. The van der Waals surface area contributed by atoms with E-state index in [1.54, 1.807) is 18.2 Å². The van der Waals surface area contributed by atoms with Crippen LogP contribution >= 0.6 is 0 Å². The predicted octanol–water partition coefficient (Wildman–Crippen LogP) is 6.69. The second-order valence-corrected chi connectivity index (χ2v) is 10.6. The van der Waals surface area contributed by atoms with Gasteiger partial charge in [-0.05, 0) is 36.8 Å². The van der Waals surface area contributed by atoms with Gasteiger partial charge in [0.1, 0.15) is 6.61 Å². The molecule has 0 amide bonds. The van der Waals surface area contributed by atoms with Gasteiger partial charge in [0, 0.05) is 12.3 Å². The number of hydrogen-bond acceptors (Lipinski definition) is 10. The third-order valence-electron chi connectivity index (χ3n) is 6.70. The SMILES string of the molecule is CCCCCCCOCCOCCOCCOCCOCCOCCOCCOC(=O)c1ccccc1Nc1cccc(C(F)(F)F)c1. The molecule has 0 bridgehead atoms. The van der Waals surface area contributed by atoms with E-state index < -0.39 is 17.7 Å². The highest BCUT2D eigenvalue weighted by Crippen LogP contribution is 2.32. The smallest absolute Gasteiger partial charge is 0.416 e. The van der Waals surface area contributed by atoms with E-state index in [1.165, 1.54) is 43.9 Å². The summed E-state index contributed by atoms with van der Waals surface area (Å²) in [7, 11) is 0. The summed E-state index contributed by atoms with van der Waals surface area (Å²) in [6.45, 7) is 8.81. The van der Waals surface area contributed by atoms with Crippen molar-refractivity contribution in [3.05, 3.63) is 59.7 Å². The van der Waals surface area contributed by atoms with Crippen LogP contribution in [0, 0.1) is 0 Å². The number of anilines is 2. The predicted molar refractivity (Wildman–Crippen MR) is 176 cm³/mol. The molecule has 0 fully saturated rings. The highest BCUT2D eigenvalue weighted by molar-refractivity contribution is 5.96. The van der Waals surface area contributed by atoms with Crippen LogP contribution in [0.4, 0.5) is 24.5 Å². The van der Waals surface area contributed by atoms with E-state index in [2.05, 4.69) is 12.2 Å². The summed E-state index contributed by atoms with van der Waals surface area (Å²) >= 11 is 0. The Labute approximate surface area is 282 Å². The number of para-hydroxylation sites is 1. The molecular weight excluding hydrogens is 635 g/mol. The average Bonchev–Trinajstić information content (AvgIpc) is 3.08. The molecule has 272 valence electrons. The van der Waals surface area contributed by atoms with Crippen molar-refractivity contribution in [1.82, 2.24) is 0 Å². The van der Waals surface area contributed by atoms with Crippen molar-refractivity contribution in [2.45, 2.75) is 45.2 Å². The first-order valence-corrected chi connectivity index (χ1v) is 16.7. The van der Waals surface area contributed by atoms with Crippen molar-refractivity contribution < 1.29 is 55.9 Å². The minimum Gasteiger partial charge on any atom is -0.460 e. The second kappa shape index (κ2) is 27.1. The van der Waals surface area contributed by atoms with Crippen molar-refractivity contribution >= 4 is 17.3 Å². The van der Waals surface area contributed by atoms with Crippen molar-refractivity contribution in [3.63, 3.8) is 0 Å². The molecule has 0 radical (unpaired) electrons. The Bertz CT molecular complexity index is 1090. The first-order chi connectivity index (χ1) is 23.4. The highest BCUT2D eigenvalue weighted by Gasteiger charge is 2.30. The first-order valence-electron chi connectivity index (χ1n) is 16.7. The Balaban J connectivity index is 1.35. The molecule has 2 aromatic carbocycles. The van der Waals surface area contributed by atoms with Gasteiger partial charge in [0.2, 0.25) is 0 Å². The molecule has 0 unspecified atom stereocenters. The van der Waals surface area contributed by atoms with E-state index in [0.717, 1.165) is 25.2 Å². The lowest BCUT2D eigenvalue weighted by Gasteiger charge is -2.13.